The molecule has 0 aliphatic heterocycles. The van der Waals surface area contributed by atoms with E-state index in [1.54, 1.807) is 22.8 Å². The molecule has 30 heavy (non-hydrogen) atoms. The number of hydrogen-bond acceptors (Lipinski definition) is 8. The van der Waals surface area contributed by atoms with Gasteiger partial charge in [-0.3, -0.25) is 9.36 Å². The second kappa shape index (κ2) is 7.52. The minimum absolute atomic E-state index is 0.0216. The molecule has 148 valence electrons. The number of rotatable bonds is 4. The van der Waals surface area contributed by atoms with Crippen LogP contribution < -0.4 is 22.3 Å². The topological polar surface area (TPSA) is 149 Å². The molecule has 0 aliphatic carbocycles. The molecule has 2 aromatic heterocycles. The van der Waals surface area contributed by atoms with E-state index < -0.39 is 6.04 Å². The number of hydrogen-bond donors (Lipinski definition) is 3. The molecule has 1 unspecified atom stereocenters. The van der Waals surface area contributed by atoms with E-state index in [0.29, 0.717) is 22.4 Å². The van der Waals surface area contributed by atoms with Crippen molar-refractivity contribution >= 4 is 28.5 Å². The predicted molar refractivity (Wildman–Crippen MR) is 115 cm³/mol. The second-order valence-electron chi connectivity index (χ2n) is 6.63. The fraction of sp³-hybridized carbons (Fsp3) is 0.0952. The minimum atomic E-state index is -0.511. The molecule has 2 heterocycles. The summed E-state index contributed by atoms with van der Waals surface area (Å²) in [6.45, 7) is 1.81. The van der Waals surface area contributed by atoms with E-state index in [4.69, 9.17) is 16.5 Å². The summed E-state index contributed by atoms with van der Waals surface area (Å²) >= 11 is 0. The number of aromatic nitrogens is 4. The van der Waals surface area contributed by atoms with Gasteiger partial charge >= 0.3 is 0 Å². The highest BCUT2D eigenvalue weighted by molar-refractivity contribution is 5.78. The SMILES string of the molecule is CC(Nc1nc(N)nc(N)c1C#N)c1nc2ccccc2c(=O)n1-c1ccccc1. The number of benzene rings is 2. The smallest absolute Gasteiger partial charge is 0.266 e. The molecule has 9 nitrogen and oxygen atoms in total. The van der Waals surface area contributed by atoms with Crippen molar-refractivity contribution in [2.24, 2.45) is 0 Å². The van der Waals surface area contributed by atoms with E-state index in [0.717, 1.165) is 0 Å². The fourth-order valence-corrected chi connectivity index (χ4v) is 3.25. The van der Waals surface area contributed by atoms with Gasteiger partial charge in [0.25, 0.3) is 5.56 Å². The first-order valence-corrected chi connectivity index (χ1v) is 9.16. The quantitative estimate of drug-likeness (QED) is 0.474. The molecule has 4 aromatic rings. The highest BCUT2D eigenvalue weighted by Gasteiger charge is 2.20. The van der Waals surface area contributed by atoms with Crippen LogP contribution in [0.25, 0.3) is 16.6 Å². The van der Waals surface area contributed by atoms with E-state index in [9.17, 15) is 10.1 Å². The maximum atomic E-state index is 13.3. The van der Waals surface area contributed by atoms with E-state index in [-0.39, 0.29) is 28.7 Å². The van der Waals surface area contributed by atoms with Crippen molar-refractivity contribution in [2.75, 3.05) is 16.8 Å². The van der Waals surface area contributed by atoms with Crippen LogP contribution in [0.1, 0.15) is 24.4 Å². The highest BCUT2D eigenvalue weighted by atomic mass is 16.1. The Morgan fingerprint density at radius 3 is 2.47 bits per heavy atom. The van der Waals surface area contributed by atoms with Gasteiger partial charge in [0, 0.05) is 0 Å². The molecule has 0 spiro atoms. The third kappa shape index (κ3) is 3.27. The van der Waals surface area contributed by atoms with Gasteiger partial charge in [0.2, 0.25) is 5.95 Å². The number of nitriles is 1. The molecular weight excluding hydrogens is 380 g/mol. The van der Waals surface area contributed by atoms with E-state index in [2.05, 4.69) is 15.3 Å². The lowest BCUT2D eigenvalue weighted by atomic mass is 10.2. The molecule has 0 radical (unpaired) electrons. The largest absolute Gasteiger partial charge is 0.382 e. The maximum absolute atomic E-state index is 13.3. The van der Waals surface area contributed by atoms with E-state index >= 15 is 0 Å². The lowest BCUT2D eigenvalue weighted by Gasteiger charge is -2.20. The molecule has 0 saturated heterocycles. The van der Waals surface area contributed by atoms with E-state index in [1.165, 1.54) is 0 Å². The van der Waals surface area contributed by atoms with Gasteiger partial charge < -0.3 is 16.8 Å². The molecule has 0 bridgehead atoms. The predicted octanol–water partition coefficient (Wildman–Crippen LogP) is 2.38. The number of fused-ring (bicyclic) bond motifs is 1. The number of nitrogens with zero attached hydrogens (tertiary/aromatic N) is 5. The van der Waals surface area contributed by atoms with Gasteiger partial charge in [0.15, 0.2) is 5.82 Å². The zero-order valence-corrected chi connectivity index (χ0v) is 16.1. The number of nitrogen functional groups attached to an aromatic ring is 2. The Morgan fingerprint density at radius 1 is 1.03 bits per heavy atom. The molecule has 0 aliphatic rings. The van der Waals surface area contributed by atoms with Gasteiger partial charge in [0.05, 0.1) is 22.6 Å². The van der Waals surface area contributed by atoms with Gasteiger partial charge in [-0.1, -0.05) is 30.3 Å². The molecule has 1 atom stereocenters. The van der Waals surface area contributed by atoms with Crippen LogP contribution in [0.3, 0.4) is 0 Å². The number of anilines is 3. The summed E-state index contributed by atoms with van der Waals surface area (Å²) in [5.74, 6) is 0.543. The van der Waals surface area contributed by atoms with Crippen LogP contribution in [-0.4, -0.2) is 19.5 Å². The molecule has 5 N–H and O–H groups in total. The first-order valence-electron chi connectivity index (χ1n) is 9.16. The monoisotopic (exact) mass is 398 g/mol. The average Bonchev–Trinajstić information content (AvgIpc) is 2.74. The number of nitrogens with one attached hydrogen (secondary N) is 1. The van der Waals surface area contributed by atoms with Crippen molar-refractivity contribution in [2.45, 2.75) is 13.0 Å². The molecule has 0 fully saturated rings. The Balaban J connectivity index is 1.91. The summed E-state index contributed by atoms with van der Waals surface area (Å²) in [6, 6.07) is 17.8. The second-order valence-corrected chi connectivity index (χ2v) is 6.63. The molecule has 9 heteroatoms. The van der Waals surface area contributed by atoms with Crippen LogP contribution in [0.2, 0.25) is 0 Å². The minimum Gasteiger partial charge on any atom is -0.382 e. The highest BCUT2D eigenvalue weighted by Crippen LogP contribution is 2.25. The lowest BCUT2D eigenvalue weighted by molar-refractivity contribution is 0.731. The number of para-hydroxylation sites is 2. The van der Waals surface area contributed by atoms with Crippen LogP contribution in [0.15, 0.2) is 59.4 Å². The third-order valence-electron chi connectivity index (χ3n) is 4.62. The van der Waals surface area contributed by atoms with Crippen molar-refractivity contribution < 1.29 is 0 Å². The van der Waals surface area contributed by atoms with Crippen molar-refractivity contribution in [1.29, 1.82) is 5.26 Å². The third-order valence-corrected chi connectivity index (χ3v) is 4.62. The zero-order valence-electron chi connectivity index (χ0n) is 16.1. The Kier molecular flexibility index (Phi) is 4.74. The Labute approximate surface area is 171 Å². The fourth-order valence-electron chi connectivity index (χ4n) is 3.25. The summed E-state index contributed by atoms with van der Waals surface area (Å²) in [5, 5.41) is 13.0. The maximum Gasteiger partial charge on any atom is 0.266 e. The average molecular weight is 398 g/mol. The summed E-state index contributed by atoms with van der Waals surface area (Å²) in [6.07, 6.45) is 0. The molecule has 2 aromatic carbocycles. The van der Waals surface area contributed by atoms with Crippen LogP contribution in [0, 0.1) is 11.3 Å². The summed E-state index contributed by atoms with van der Waals surface area (Å²) in [4.78, 5) is 25.9. The van der Waals surface area contributed by atoms with Gasteiger partial charge in [-0.05, 0) is 31.2 Å². The lowest BCUT2D eigenvalue weighted by Crippen LogP contribution is -2.27. The van der Waals surface area contributed by atoms with Gasteiger partial charge in [-0.2, -0.15) is 15.2 Å². The first kappa shape index (κ1) is 18.9. The van der Waals surface area contributed by atoms with Crippen molar-refractivity contribution in [3.05, 3.63) is 76.3 Å². The molecule has 4 rings (SSSR count). The number of nitrogens with two attached hydrogens (primary N) is 2. The van der Waals surface area contributed by atoms with Crippen molar-refractivity contribution in [3.8, 4) is 11.8 Å². The van der Waals surface area contributed by atoms with Crippen LogP contribution >= 0.6 is 0 Å². The Hall–Kier alpha value is -4.45. The van der Waals surface area contributed by atoms with Crippen LogP contribution in [0.4, 0.5) is 17.6 Å². The molecular formula is C21H18N8O. The van der Waals surface area contributed by atoms with Gasteiger partial charge in [0.1, 0.15) is 23.3 Å². The molecule has 0 saturated carbocycles. The van der Waals surface area contributed by atoms with Gasteiger partial charge in [-0.25, -0.2) is 4.98 Å². The van der Waals surface area contributed by atoms with Crippen LogP contribution in [0.5, 0.6) is 0 Å². The normalized spacial score (nSPS) is 11.7. The van der Waals surface area contributed by atoms with Gasteiger partial charge in [-0.15, -0.1) is 0 Å². The summed E-state index contributed by atoms with van der Waals surface area (Å²) in [5.41, 5.74) is 12.6. The molecule has 0 amide bonds. The van der Waals surface area contributed by atoms with Crippen molar-refractivity contribution in [1.82, 2.24) is 19.5 Å². The van der Waals surface area contributed by atoms with Crippen LogP contribution in [-0.2, 0) is 0 Å². The summed E-state index contributed by atoms with van der Waals surface area (Å²) < 4.78 is 1.54. The van der Waals surface area contributed by atoms with E-state index in [1.807, 2.05) is 49.4 Å². The summed E-state index contributed by atoms with van der Waals surface area (Å²) in [7, 11) is 0. The zero-order chi connectivity index (χ0) is 21.3. The first-order chi connectivity index (χ1) is 14.5. The van der Waals surface area contributed by atoms with Crippen molar-refractivity contribution in [3.63, 3.8) is 0 Å². The Morgan fingerprint density at radius 2 is 1.73 bits per heavy atom. The Bertz CT molecular complexity index is 1340. The standard InChI is InChI=1S/C21H18N8O/c1-12(25-18-15(11-22)17(23)27-21(24)28-18)19-26-16-10-6-5-9-14(16)20(30)29(19)13-7-3-2-4-8-13/h2-10,12H,1H3,(H5,23,24,25,27,28).